The zero-order valence-corrected chi connectivity index (χ0v) is 14.4. The minimum absolute atomic E-state index is 0.250. The number of rotatable bonds is 5. The molecule has 0 heterocycles. The van der Waals surface area contributed by atoms with Crippen LogP contribution in [0.3, 0.4) is 0 Å². The lowest BCUT2D eigenvalue weighted by atomic mass is 10.2. The van der Waals surface area contributed by atoms with Gasteiger partial charge in [0.05, 0.1) is 11.0 Å². The molecule has 0 radical (unpaired) electrons. The molecule has 0 saturated heterocycles. The van der Waals surface area contributed by atoms with E-state index >= 15 is 0 Å². The van der Waals surface area contributed by atoms with Crippen LogP contribution in [0.2, 0.25) is 0 Å². The van der Waals surface area contributed by atoms with Crippen LogP contribution >= 0.6 is 15.9 Å². The van der Waals surface area contributed by atoms with E-state index in [1.165, 1.54) is 0 Å². The first kappa shape index (κ1) is 17.0. The molecular formula is C14H24BrN3O2. The standard InChI is InChI=1S/C14H24BrN3O2/c1-9(16)12(15)11(17-5)8-18(10-6-7-10)13(19)20-14(2,3)4/h10,16-17H,6-8H2,1-5H3/b12-11+,16-9?. The summed E-state index contributed by atoms with van der Waals surface area (Å²) in [5, 5.41) is 10.7. The Hall–Kier alpha value is -1.04. The number of hydrogen-bond donors (Lipinski definition) is 2. The van der Waals surface area contributed by atoms with Crippen molar-refractivity contribution in [1.82, 2.24) is 10.2 Å². The van der Waals surface area contributed by atoms with Gasteiger partial charge in [0, 0.05) is 24.5 Å². The molecule has 0 atom stereocenters. The zero-order chi connectivity index (χ0) is 15.5. The topological polar surface area (TPSA) is 65.4 Å². The summed E-state index contributed by atoms with van der Waals surface area (Å²) in [4.78, 5) is 14.0. The van der Waals surface area contributed by atoms with Crippen molar-refractivity contribution in [1.29, 1.82) is 5.41 Å². The first-order chi connectivity index (χ1) is 9.15. The predicted octanol–water partition coefficient (Wildman–Crippen LogP) is 3.25. The Kier molecular flexibility index (Phi) is 5.62. The number of carbonyl (C=O) groups is 1. The molecule has 1 saturated carbocycles. The Balaban J connectivity index is 2.85. The predicted molar refractivity (Wildman–Crippen MR) is 84.4 cm³/mol. The van der Waals surface area contributed by atoms with E-state index in [1.54, 1.807) is 18.9 Å². The minimum atomic E-state index is -0.498. The average Bonchev–Trinajstić information content (AvgIpc) is 3.11. The van der Waals surface area contributed by atoms with Gasteiger partial charge in [0.2, 0.25) is 0 Å². The van der Waals surface area contributed by atoms with Gasteiger partial charge in [0.1, 0.15) is 5.60 Å². The van der Waals surface area contributed by atoms with Gasteiger partial charge in [-0.3, -0.25) is 4.90 Å². The van der Waals surface area contributed by atoms with Crippen molar-refractivity contribution in [2.24, 2.45) is 0 Å². The van der Waals surface area contributed by atoms with E-state index in [-0.39, 0.29) is 12.1 Å². The molecule has 114 valence electrons. The van der Waals surface area contributed by atoms with E-state index in [1.807, 2.05) is 20.8 Å². The minimum Gasteiger partial charge on any atom is -0.444 e. The first-order valence-corrected chi connectivity index (χ1v) is 7.56. The highest BCUT2D eigenvalue weighted by atomic mass is 79.9. The number of amides is 1. The van der Waals surface area contributed by atoms with Gasteiger partial charge in [-0.05, 0) is 56.5 Å². The van der Waals surface area contributed by atoms with E-state index in [2.05, 4.69) is 21.2 Å². The summed E-state index contributed by atoms with van der Waals surface area (Å²) in [6.07, 6.45) is 1.73. The number of allylic oxidation sites excluding steroid dienone is 1. The molecule has 20 heavy (non-hydrogen) atoms. The number of hydrogen-bond acceptors (Lipinski definition) is 4. The summed E-state index contributed by atoms with van der Waals surface area (Å²) in [6.45, 7) is 7.72. The zero-order valence-electron chi connectivity index (χ0n) is 12.8. The van der Waals surface area contributed by atoms with Crippen LogP contribution in [-0.4, -0.2) is 41.9 Å². The van der Waals surface area contributed by atoms with Gasteiger partial charge in [-0.15, -0.1) is 0 Å². The van der Waals surface area contributed by atoms with Crippen LogP contribution in [0.4, 0.5) is 4.79 Å². The molecule has 0 spiro atoms. The quantitative estimate of drug-likeness (QED) is 0.751. The molecular weight excluding hydrogens is 322 g/mol. The lowest BCUT2D eigenvalue weighted by Gasteiger charge is -2.28. The summed E-state index contributed by atoms with van der Waals surface area (Å²) in [7, 11) is 1.79. The lowest BCUT2D eigenvalue weighted by Crippen LogP contribution is -2.41. The Bertz CT molecular complexity index is 423. The molecule has 6 heteroatoms. The van der Waals surface area contributed by atoms with Crippen molar-refractivity contribution in [3.8, 4) is 0 Å². The second kappa shape index (κ2) is 6.61. The third kappa shape index (κ3) is 5.15. The molecule has 0 aliphatic heterocycles. The van der Waals surface area contributed by atoms with Crippen LogP contribution in [-0.2, 0) is 4.74 Å². The highest BCUT2D eigenvalue weighted by molar-refractivity contribution is 9.12. The molecule has 1 rings (SSSR count). The molecule has 2 N–H and O–H groups in total. The van der Waals surface area contributed by atoms with Crippen molar-refractivity contribution < 1.29 is 9.53 Å². The van der Waals surface area contributed by atoms with E-state index in [0.717, 1.165) is 18.5 Å². The van der Waals surface area contributed by atoms with Crippen LogP contribution in [0.15, 0.2) is 10.2 Å². The van der Waals surface area contributed by atoms with Gasteiger partial charge in [0.25, 0.3) is 0 Å². The van der Waals surface area contributed by atoms with E-state index in [9.17, 15) is 4.79 Å². The fraction of sp³-hybridized carbons (Fsp3) is 0.714. The second-order valence-corrected chi connectivity index (χ2v) is 6.80. The van der Waals surface area contributed by atoms with Crippen LogP contribution < -0.4 is 5.32 Å². The highest BCUT2D eigenvalue weighted by Gasteiger charge is 2.35. The van der Waals surface area contributed by atoms with Crippen molar-refractivity contribution in [3.05, 3.63) is 10.2 Å². The van der Waals surface area contributed by atoms with Crippen LogP contribution in [0.5, 0.6) is 0 Å². The number of ether oxygens (including phenoxy) is 1. The van der Waals surface area contributed by atoms with Crippen LogP contribution in [0, 0.1) is 5.41 Å². The number of nitrogens with one attached hydrogen (secondary N) is 2. The number of likely N-dealkylation sites (N-methyl/N-ethyl adjacent to an activating group) is 1. The molecule has 5 nitrogen and oxygen atoms in total. The Labute approximate surface area is 129 Å². The van der Waals surface area contributed by atoms with Crippen LogP contribution in [0.1, 0.15) is 40.5 Å². The molecule has 0 aromatic rings. The maximum atomic E-state index is 12.3. The molecule has 1 amide bonds. The SMILES string of the molecule is CN/C(CN(C(=O)OC(C)(C)C)C1CC1)=C(/Br)C(C)=N. The van der Waals surface area contributed by atoms with E-state index in [4.69, 9.17) is 10.1 Å². The first-order valence-electron chi connectivity index (χ1n) is 6.77. The maximum Gasteiger partial charge on any atom is 0.410 e. The largest absolute Gasteiger partial charge is 0.444 e. The van der Waals surface area contributed by atoms with Crippen LogP contribution in [0.25, 0.3) is 0 Å². The summed E-state index contributed by atoms with van der Waals surface area (Å²) >= 11 is 3.39. The molecule has 0 aromatic heterocycles. The fourth-order valence-corrected chi connectivity index (χ4v) is 2.03. The summed E-state index contributed by atoms with van der Waals surface area (Å²) in [5.74, 6) is 0. The molecule has 0 unspecified atom stereocenters. The summed E-state index contributed by atoms with van der Waals surface area (Å²) in [6, 6.07) is 0.250. The monoisotopic (exact) mass is 345 g/mol. The van der Waals surface area contributed by atoms with Crippen molar-refractivity contribution >= 4 is 27.7 Å². The lowest BCUT2D eigenvalue weighted by molar-refractivity contribution is 0.0249. The van der Waals surface area contributed by atoms with Gasteiger partial charge in [0.15, 0.2) is 0 Å². The van der Waals surface area contributed by atoms with Crippen molar-refractivity contribution in [2.75, 3.05) is 13.6 Å². The van der Waals surface area contributed by atoms with Gasteiger partial charge in [-0.25, -0.2) is 4.79 Å². The summed E-state index contributed by atoms with van der Waals surface area (Å²) < 4.78 is 6.14. The van der Waals surface area contributed by atoms with Crippen molar-refractivity contribution in [2.45, 2.75) is 52.2 Å². The molecule has 1 aliphatic carbocycles. The second-order valence-electron chi connectivity index (χ2n) is 6.01. The van der Waals surface area contributed by atoms with Gasteiger partial charge >= 0.3 is 6.09 Å². The van der Waals surface area contributed by atoms with Gasteiger partial charge in [-0.2, -0.15) is 0 Å². The normalized spacial score (nSPS) is 16.3. The van der Waals surface area contributed by atoms with E-state index < -0.39 is 5.60 Å². The molecule has 1 aliphatic rings. The Morgan fingerprint density at radius 2 is 2.00 bits per heavy atom. The third-order valence-corrected chi connectivity index (χ3v) is 3.91. The number of carbonyl (C=O) groups excluding carboxylic acids is 1. The maximum absolute atomic E-state index is 12.3. The smallest absolute Gasteiger partial charge is 0.410 e. The Morgan fingerprint density at radius 1 is 1.45 bits per heavy atom. The molecule has 1 fully saturated rings. The third-order valence-electron chi connectivity index (χ3n) is 2.84. The summed E-state index contributed by atoms with van der Waals surface area (Å²) in [5.41, 5.74) is 0.743. The number of nitrogens with zero attached hydrogens (tertiary/aromatic N) is 1. The van der Waals surface area contributed by atoms with Gasteiger partial charge in [-0.1, -0.05) is 0 Å². The van der Waals surface area contributed by atoms with E-state index in [0.29, 0.717) is 16.7 Å². The highest BCUT2D eigenvalue weighted by Crippen LogP contribution is 2.29. The molecule has 0 bridgehead atoms. The molecule has 0 aromatic carbocycles. The van der Waals surface area contributed by atoms with Crippen molar-refractivity contribution in [3.63, 3.8) is 0 Å². The van der Waals surface area contributed by atoms with Gasteiger partial charge < -0.3 is 15.5 Å². The fourth-order valence-electron chi connectivity index (χ4n) is 1.70. The number of halogens is 1. The Morgan fingerprint density at radius 3 is 2.35 bits per heavy atom. The average molecular weight is 346 g/mol.